The first-order valence-electron chi connectivity index (χ1n) is 8.94. The lowest BCUT2D eigenvalue weighted by Crippen LogP contribution is -2.47. The minimum Gasteiger partial charge on any atom is -0.387 e. The molecule has 8 nitrogen and oxygen atoms in total. The Balaban J connectivity index is 1.70. The van der Waals surface area contributed by atoms with E-state index in [1.54, 1.807) is 0 Å². The lowest BCUT2D eigenvalue weighted by atomic mass is 10.1. The maximum atomic E-state index is 12.1. The Morgan fingerprint density at radius 3 is 2.32 bits per heavy atom. The molecule has 1 saturated heterocycles. The van der Waals surface area contributed by atoms with Gasteiger partial charge in [0.15, 0.2) is 9.84 Å². The van der Waals surface area contributed by atoms with Crippen molar-refractivity contribution in [1.82, 2.24) is 4.90 Å². The molecule has 1 N–H and O–H groups in total. The summed E-state index contributed by atoms with van der Waals surface area (Å²) in [4.78, 5) is 14.4. The number of rotatable bonds is 6. The van der Waals surface area contributed by atoms with Crippen molar-refractivity contribution in [3.63, 3.8) is 0 Å². The third-order valence-electron chi connectivity index (χ3n) is 4.88. The van der Waals surface area contributed by atoms with Crippen molar-refractivity contribution in [2.45, 2.75) is 11.0 Å². The second-order valence-electron chi connectivity index (χ2n) is 6.90. The molecule has 0 aliphatic carbocycles. The zero-order valence-electron chi connectivity index (χ0n) is 15.6. The van der Waals surface area contributed by atoms with Crippen LogP contribution in [0.2, 0.25) is 0 Å². The molecule has 2 aromatic carbocycles. The van der Waals surface area contributed by atoms with Gasteiger partial charge in [0.05, 0.1) is 21.6 Å². The third kappa shape index (κ3) is 4.67. The molecule has 0 spiro atoms. The Morgan fingerprint density at radius 2 is 1.75 bits per heavy atom. The first-order chi connectivity index (χ1) is 13.3. The number of nitrogens with zero attached hydrogens (tertiary/aromatic N) is 3. The zero-order chi connectivity index (χ0) is 20.3. The summed E-state index contributed by atoms with van der Waals surface area (Å²) in [6.07, 6.45) is 0.473. The van der Waals surface area contributed by atoms with Crippen molar-refractivity contribution in [1.29, 1.82) is 0 Å². The molecule has 9 heteroatoms. The van der Waals surface area contributed by atoms with E-state index in [9.17, 15) is 23.6 Å². The van der Waals surface area contributed by atoms with Crippen molar-refractivity contribution in [3.8, 4) is 0 Å². The van der Waals surface area contributed by atoms with Crippen molar-refractivity contribution >= 4 is 21.2 Å². The molecule has 0 radical (unpaired) electrons. The van der Waals surface area contributed by atoms with E-state index in [0.717, 1.165) is 17.9 Å². The fourth-order valence-electron chi connectivity index (χ4n) is 3.37. The molecule has 28 heavy (non-hydrogen) atoms. The Kier molecular flexibility index (Phi) is 5.97. The number of sulfone groups is 1. The predicted molar refractivity (Wildman–Crippen MR) is 106 cm³/mol. The number of hydrogen-bond donors (Lipinski definition) is 1. The summed E-state index contributed by atoms with van der Waals surface area (Å²) in [5.41, 5.74) is 1.10. The highest BCUT2D eigenvalue weighted by Gasteiger charge is 2.25. The number of piperazine rings is 1. The van der Waals surface area contributed by atoms with Crippen molar-refractivity contribution < 1.29 is 18.4 Å². The van der Waals surface area contributed by atoms with Crippen LogP contribution in [-0.2, 0) is 9.84 Å². The second kappa shape index (κ2) is 8.26. The normalized spacial score (nSPS) is 16.7. The molecule has 1 heterocycles. The molecule has 3 rings (SSSR count). The van der Waals surface area contributed by atoms with Crippen LogP contribution in [0.1, 0.15) is 11.7 Å². The molecular weight excluding hydrogens is 382 g/mol. The van der Waals surface area contributed by atoms with Gasteiger partial charge in [0.2, 0.25) is 0 Å². The van der Waals surface area contributed by atoms with Gasteiger partial charge >= 0.3 is 0 Å². The van der Waals surface area contributed by atoms with E-state index in [0.29, 0.717) is 38.4 Å². The van der Waals surface area contributed by atoms with Crippen LogP contribution in [-0.4, -0.2) is 62.3 Å². The Morgan fingerprint density at radius 1 is 1.11 bits per heavy atom. The topological polar surface area (TPSA) is 104 Å². The van der Waals surface area contributed by atoms with Crippen LogP contribution >= 0.6 is 0 Å². The van der Waals surface area contributed by atoms with Gasteiger partial charge in [-0.15, -0.1) is 0 Å². The minimum atomic E-state index is -3.61. The van der Waals surface area contributed by atoms with Gasteiger partial charge in [-0.3, -0.25) is 15.0 Å². The molecule has 0 amide bonds. The number of nitro groups is 1. The molecular formula is C19H23N3O5S. The molecule has 1 aliphatic rings. The number of non-ortho nitro benzene ring substituents is 1. The van der Waals surface area contributed by atoms with Crippen LogP contribution in [0.3, 0.4) is 0 Å². The predicted octanol–water partition coefficient (Wildman–Crippen LogP) is 1.85. The van der Waals surface area contributed by atoms with Crippen LogP contribution in [0.4, 0.5) is 11.4 Å². The summed E-state index contributed by atoms with van der Waals surface area (Å²) >= 11 is 0. The summed E-state index contributed by atoms with van der Waals surface area (Å²) in [7, 11) is -3.61. The highest BCUT2D eigenvalue weighted by molar-refractivity contribution is 7.90. The van der Waals surface area contributed by atoms with Gasteiger partial charge in [0.25, 0.3) is 5.69 Å². The van der Waals surface area contributed by atoms with Crippen molar-refractivity contribution in [2.24, 2.45) is 0 Å². The van der Waals surface area contributed by atoms with Crippen LogP contribution in [0.5, 0.6) is 0 Å². The monoisotopic (exact) mass is 405 g/mol. The molecule has 150 valence electrons. The average molecular weight is 405 g/mol. The van der Waals surface area contributed by atoms with E-state index in [-0.39, 0.29) is 10.6 Å². The first kappa shape index (κ1) is 20.2. The number of benzene rings is 2. The lowest BCUT2D eigenvalue weighted by Gasteiger charge is -2.37. The largest absolute Gasteiger partial charge is 0.387 e. The molecule has 2 aromatic rings. The van der Waals surface area contributed by atoms with E-state index < -0.39 is 20.9 Å². The molecule has 1 atom stereocenters. The van der Waals surface area contributed by atoms with E-state index in [4.69, 9.17) is 0 Å². The van der Waals surface area contributed by atoms with Gasteiger partial charge in [-0.1, -0.05) is 30.3 Å². The Bertz CT molecular complexity index is 941. The molecule has 1 aliphatic heterocycles. The van der Waals surface area contributed by atoms with Gasteiger partial charge in [-0.2, -0.15) is 0 Å². The van der Waals surface area contributed by atoms with Gasteiger partial charge in [0.1, 0.15) is 0 Å². The van der Waals surface area contributed by atoms with Gasteiger partial charge < -0.3 is 10.0 Å². The maximum absolute atomic E-state index is 12.1. The van der Waals surface area contributed by atoms with Crippen LogP contribution in [0, 0.1) is 10.1 Å². The van der Waals surface area contributed by atoms with Gasteiger partial charge in [0, 0.05) is 51.1 Å². The number of aliphatic hydroxyl groups excluding tert-OH is 1. The summed E-state index contributed by atoms with van der Waals surface area (Å²) in [5.74, 6) is 0. The van der Waals surface area contributed by atoms with Crippen molar-refractivity contribution in [3.05, 3.63) is 64.2 Å². The number of hydrogen-bond acceptors (Lipinski definition) is 7. The summed E-state index contributed by atoms with van der Waals surface area (Å²) in [5, 5.41) is 21.4. The van der Waals surface area contributed by atoms with E-state index in [1.807, 2.05) is 35.2 Å². The number of nitro benzene ring substituents is 1. The number of β-amino-alcohol motifs (C(OH)–C–C–N with tert-alkyl or cyclic N) is 1. The van der Waals surface area contributed by atoms with E-state index >= 15 is 0 Å². The molecule has 1 fully saturated rings. The average Bonchev–Trinajstić information content (AvgIpc) is 2.68. The highest BCUT2D eigenvalue weighted by atomic mass is 32.2. The van der Waals surface area contributed by atoms with Gasteiger partial charge in [-0.05, 0) is 11.6 Å². The van der Waals surface area contributed by atoms with Gasteiger partial charge in [-0.25, -0.2) is 8.42 Å². The molecule has 0 bridgehead atoms. The highest BCUT2D eigenvalue weighted by Crippen LogP contribution is 2.30. The lowest BCUT2D eigenvalue weighted by molar-refractivity contribution is -0.385. The minimum absolute atomic E-state index is 0.0283. The number of anilines is 1. The van der Waals surface area contributed by atoms with Crippen LogP contribution in [0.25, 0.3) is 0 Å². The Labute approximate surface area is 164 Å². The summed E-state index contributed by atoms with van der Waals surface area (Å²) in [6, 6.07) is 13.4. The molecule has 0 saturated carbocycles. The third-order valence-corrected chi connectivity index (χ3v) is 6.01. The standard InChI is InChI=1S/C19H23N3O5S/c1-28(26,27)19-13-16(22(24)25)7-8-17(19)21-11-9-20(10-12-21)14-18(23)15-5-3-2-4-6-15/h2-8,13,18,23H,9-12,14H2,1H3. The van der Waals surface area contributed by atoms with Crippen LogP contribution in [0.15, 0.2) is 53.4 Å². The molecule has 1 unspecified atom stereocenters. The summed E-state index contributed by atoms with van der Waals surface area (Å²) < 4.78 is 24.3. The fourth-order valence-corrected chi connectivity index (χ4v) is 4.28. The SMILES string of the molecule is CS(=O)(=O)c1cc([N+](=O)[O-])ccc1N1CCN(CC(O)c2ccccc2)CC1. The van der Waals surface area contributed by atoms with E-state index in [2.05, 4.69) is 4.90 Å². The van der Waals surface area contributed by atoms with Crippen molar-refractivity contribution in [2.75, 3.05) is 43.9 Å². The Hall–Kier alpha value is -2.49. The smallest absolute Gasteiger partial charge is 0.270 e. The first-order valence-corrected chi connectivity index (χ1v) is 10.8. The number of aliphatic hydroxyl groups is 1. The quantitative estimate of drug-likeness (QED) is 0.578. The fraction of sp³-hybridized carbons (Fsp3) is 0.368. The van der Waals surface area contributed by atoms with Crippen LogP contribution < -0.4 is 4.90 Å². The molecule has 0 aromatic heterocycles. The van der Waals surface area contributed by atoms with E-state index in [1.165, 1.54) is 12.1 Å². The maximum Gasteiger partial charge on any atom is 0.270 e. The zero-order valence-corrected chi connectivity index (χ0v) is 16.4. The second-order valence-corrected chi connectivity index (χ2v) is 8.88. The summed E-state index contributed by atoms with van der Waals surface area (Å²) in [6.45, 7) is 2.95.